The van der Waals surface area contributed by atoms with Crippen molar-refractivity contribution in [3.8, 4) is 5.75 Å². The number of carbonyl (C=O) groups is 4. The van der Waals surface area contributed by atoms with Crippen LogP contribution in [0.5, 0.6) is 5.75 Å². The fourth-order valence-corrected chi connectivity index (χ4v) is 4.25. The average molecular weight is 553 g/mol. The predicted molar refractivity (Wildman–Crippen MR) is 144 cm³/mol. The van der Waals surface area contributed by atoms with E-state index in [1.165, 1.54) is 0 Å². The molecule has 11 heteroatoms. The highest BCUT2D eigenvalue weighted by molar-refractivity contribution is 8.13. The summed E-state index contributed by atoms with van der Waals surface area (Å²) >= 11 is 1.06. The lowest BCUT2D eigenvalue weighted by molar-refractivity contribution is -0.258. The summed E-state index contributed by atoms with van der Waals surface area (Å²) in [5.74, 6) is 0.141. The maximum atomic E-state index is 12.9. The summed E-state index contributed by atoms with van der Waals surface area (Å²) in [6.45, 7) is 9.88. The molecule has 1 fully saturated rings. The monoisotopic (exact) mass is 552 g/mol. The van der Waals surface area contributed by atoms with Gasteiger partial charge in [-0.05, 0) is 32.9 Å². The van der Waals surface area contributed by atoms with Crippen molar-refractivity contribution in [2.75, 3.05) is 32.6 Å². The molecule has 1 aliphatic rings. The van der Waals surface area contributed by atoms with Gasteiger partial charge in [-0.1, -0.05) is 37.7 Å². The molecule has 2 N–H and O–H groups in total. The molecule has 1 saturated heterocycles. The van der Waals surface area contributed by atoms with Crippen LogP contribution >= 0.6 is 11.8 Å². The molecule has 38 heavy (non-hydrogen) atoms. The van der Waals surface area contributed by atoms with Gasteiger partial charge in [-0.3, -0.25) is 19.2 Å². The van der Waals surface area contributed by atoms with Crippen LogP contribution in [0, 0.1) is 5.41 Å². The van der Waals surface area contributed by atoms with Crippen LogP contribution in [-0.4, -0.2) is 67.2 Å². The van der Waals surface area contributed by atoms with Crippen LogP contribution in [0.3, 0.4) is 0 Å². The minimum absolute atomic E-state index is 0.0314. The third kappa shape index (κ3) is 11.0. The van der Waals surface area contributed by atoms with Gasteiger partial charge in [0, 0.05) is 42.7 Å². The van der Waals surface area contributed by atoms with E-state index in [1.807, 2.05) is 26.0 Å². The second kappa shape index (κ2) is 14.5. The van der Waals surface area contributed by atoms with Crippen LogP contribution in [0.4, 0.5) is 0 Å². The summed E-state index contributed by atoms with van der Waals surface area (Å²) in [6, 6.07) is 7.25. The van der Waals surface area contributed by atoms with Gasteiger partial charge in [0.15, 0.2) is 11.4 Å². The molecule has 1 aromatic rings. The molecule has 0 saturated carbocycles. The SMILES string of the molecule is COc1ccc(C2OCC(C)(C)[C@H](C(=O)NCCC(=O)NCCSC(=O)CCC(=O)OC(C)(C)C)O2)cc1. The largest absolute Gasteiger partial charge is 0.497 e. The van der Waals surface area contributed by atoms with Crippen molar-refractivity contribution in [1.29, 1.82) is 0 Å². The molecule has 2 rings (SSSR count). The highest BCUT2D eigenvalue weighted by Crippen LogP contribution is 2.36. The number of amides is 2. The third-order valence-electron chi connectivity index (χ3n) is 5.49. The highest BCUT2D eigenvalue weighted by Gasteiger charge is 2.43. The quantitative estimate of drug-likeness (QED) is 0.297. The number of nitrogens with one attached hydrogen (secondary N) is 2. The molecule has 10 nitrogen and oxygen atoms in total. The Hall–Kier alpha value is -2.63. The lowest BCUT2D eigenvalue weighted by Gasteiger charge is -2.41. The molecule has 1 aliphatic heterocycles. The maximum absolute atomic E-state index is 12.9. The molecule has 0 aliphatic carbocycles. The minimum atomic E-state index is -0.755. The second-order valence-electron chi connectivity index (χ2n) is 10.6. The Balaban J connectivity index is 1.67. The van der Waals surface area contributed by atoms with E-state index < -0.39 is 29.4 Å². The first-order valence-electron chi connectivity index (χ1n) is 12.6. The van der Waals surface area contributed by atoms with Gasteiger partial charge in [-0.2, -0.15) is 0 Å². The first-order chi connectivity index (χ1) is 17.8. The van der Waals surface area contributed by atoms with Gasteiger partial charge in [0.1, 0.15) is 17.5 Å². The van der Waals surface area contributed by atoms with E-state index in [4.69, 9.17) is 18.9 Å². The van der Waals surface area contributed by atoms with Crippen LogP contribution in [0.2, 0.25) is 0 Å². The summed E-state index contributed by atoms with van der Waals surface area (Å²) in [5.41, 5.74) is -0.354. The van der Waals surface area contributed by atoms with E-state index in [1.54, 1.807) is 40.0 Å². The molecular weight excluding hydrogens is 512 g/mol. The van der Waals surface area contributed by atoms with Gasteiger partial charge >= 0.3 is 5.97 Å². The fourth-order valence-electron chi connectivity index (χ4n) is 3.57. The standard InChI is InChI=1S/C27H40N2O8S/c1-26(2,3)37-21(31)11-12-22(32)38-16-15-28-20(30)13-14-29-24(33)23-27(4,5)17-35-25(36-23)18-7-9-19(34-6)10-8-18/h7-10,23,25H,11-17H2,1-6H3,(H,28,30)(H,29,33)/t23-,25?/m0/s1. The Morgan fingerprint density at radius 2 is 1.71 bits per heavy atom. The molecule has 1 heterocycles. The summed E-state index contributed by atoms with van der Waals surface area (Å²) in [6.07, 6.45) is -1.23. The number of esters is 1. The van der Waals surface area contributed by atoms with E-state index in [0.29, 0.717) is 24.7 Å². The van der Waals surface area contributed by atoms with Crippen LogP contribution < -0.4 is 15.4 Å². The van der Waals surface area contributed by atoms with Crippen LogP contribution in [0.1, 0.15) is 65.7 Å². The van der Waals surface area contributed by atoms with Gasteiger partial charge in [0.2, 0.25) is 11.8 Å². The summed E-state index contributed by atoms with van der Waals surface area (Å²) in [4.78, 5) is 48.6. The van der Waals surface area contributed by atoms with Crippen molar-refractivity contribution in [1.82, 2.24) is 10.6 Å². The van der Waals surface area contributed by atoms with Gasteiger partial charge in [0.25, 0.3) is 0 Å². The van der Waals surface area contributed by atoms with Crippen molar-refractivity contribution in [2.24, 2.45) is 5.41 Å². The smallest absolute Gasteiger partial charge is 0.306 e. The predicted octanol–water partition coefficient (Wildman–Crippen LogP) is 3.14. The first-order valence-corrected chi connectivity index (χ1v) is 13.6. The third-order valence-corrected chi connectivity index (χ3v) is 6.43. The second-order valence-corrected chi connectivity index (χ2v) is 11.8. The number of rotatable bonds is 12. The molecular formula is C27H40N2O8S. The Kier molecular flexibility index (Phi) is 12.1. The zero-order valence-corrected chi connectivity index (χ0v) is 23.9. The topological polar surface area (TPSA) is 129 Å². The van der Waals surface area contributed by atoms with Crippen molar-refractivity contribution in [2.45, 2.75) is 71.9 Å². The Morgan fingerprint density at radius 3 is 2.34 bits per heavy atom. The number of hydrogen-bond acceptors (Lipinski definition) is 9. The lowest BCUT2D eigenvalue weighted by atomic mass is 9.85. The van der Waals surface area contributed by atoms with Crippen LogP contribution in [0.25, 0.3) is 0 Å². The molecule has 0 radical (unpaired) electrons. The number of methoxy groups -OCH3 is 1. The molecule has 0 spiro atoms. The molecule has 1 aromatic carbocycles. The van der Waals surface area contributed by atoms with E-state index in [0.717, 1.165) is 17.3 Å². The number of thioether (sulfide) groups is 1. The first kappa shape index (κ1) is 31.6. The van der Waals surface area contributed by atoms with E-state index in [9.17, 15) is 19.2 Å². The van der Waals surface area contributed by atoms with Gasteiger partial charge in [0.05, 0.1) is 20.1 Å². The Bertz CT molecular complexity index is 959. The molecule has 0 aromatic heterocycles. The van der Waals surface area contributed by atoms with Crippen molar-refractivity contribution in [3.63, 3.8) is 0 Å². The number of carbonyl (C=O) groups excluding carboxylic acids is 4. The van der Waals surface area contributed by atoms with Crippen LogP contribution in [0.15, 0.2) is 24.3 Å². The molecule has 2 atom stereocenters. The molecule has 212 valence electrons. The highest BCUT2D eigenvalue weighted by atomic mass is 32.2. The Labute approximate surface area is 228 Å². The molecule has 0 bridgehead atoms. The molecule has 2 amide bonds. The zero-order chi connectivity index (χ0) is 28.3. The summed E-state index contributed by atoms with van der Waals surface area (Å²) < 4.78 is 22.2. The number of benzene rings is 1. The van der Waals surface area contributed by atoms with E-state index in [-0.39, 0.29) is 42.7 Å². The number of ether oxygens (including phenoxy) is 4. The minimum Gasteiger partial charge on any atom is -0.497 e. The van der Waals surface area contributed by atoms with Gasteiger partial charge in [-0.25, -0.2) is 0 Å². The fraction of sp³-hybridized carbons (Fsp3) is 0.630. The zero-order valence-electron chi connectivity index (χ0n) is 23.1. The van der Waals surface area contributed by atoms with Crippen LogP contribution in [-0.2, 0) is 33.4 Å². The normalized spacial score (nSPS) is 18.8. The van der Waals surface area contributed by atoms with Crippen molar-refractivity contribution < 1.29 is 38.1 Å². The Morgan fingerprint density at radius 1 is 1.03 bits per heavy atom. The summed E-state index contributed by atoms with van der Waals surface area (Å²) in [7, 11) is 1.59. The van der Waals surface area contributed by atoms with Gasteiger partial charge < -0.3 is 29.6 Å². The number of hydrogen-bond donors (Lipinski definition) is 2. The van der Waals surface area contributed by atoms with E-state index >= 15 is 0 Å². The van der Waals surface area contributed by atoms with Crippen molar-refractivity contribution >= 4 is 34.7 Å². The maximum Gasteiger partial charge on any atom is 0.306 e. The van der Waals surface area contributed by atoms with E-state index in [2.05, 4.69) is 10.6 Å². The molecule has 1 unspecified atom stereocenters. The lowest BCUT2D eigenvalue weighted by Crippen LogP contribution is -2.52. The van der Waals surface area contributed by atoms with Gasteiger partial charge in [-0.15, -0.1) is 0 Å². The summed E-state index contributed by atoms with van der Waals surface area (Å²) in [5, 5.41) is 5.37. The van der Waals surface area contributed by atoms with Crippen molar-refractivity contribution in [3.05, 3.63) is 29.8 Å². The average Bonchev–Trinajstić information content (AvgIpc) is 2.84.